The lowest BCUT2D eigenvalue weighted by molar-refractivity contribution is 1.66. The first-order valence-corrected chi connectivity index (χ1v) is 13.2. The smallest absolute Gasteiger partial charge is 0.0616 e. The van der Waals surface area contributed by atoms with E-state index in [1.165, 1.54) is 18.2 Å². The van der Waals surface area contributed by atoms with Crippen molar-refractivity contribution < 1.29 is 34.3 Å². The quantitative estimate of drug-likeness (QED) is 0.182. The predicted molar refractivity (Wildman–Crippen MR) is 190 cm³/mol. The zero-order chi connectivity index (χ0) is 50.8. The highest BCUT2D eigenvalue weighted by molar-refractivity contribution is 6.22. The normalized spacial score (nSPS) is 19.6. The lowest BCUT2D eigenvalue weighted by atomic mass is 9.84. The largest absolute Gasteiger partial charge is 0.0636 e. The summed E-state index contributed by atoms with van der Waals surface area (Å²) in [5.41, 5.74) is -2.54. The molecule has 0 saturated heterocycles. The van der Waals surface area contributed by atoms with E-state index in [0.29, 0.717) is 0 Å². The molecule has 0 atom stereocenters. The second-order valence-electron chi connectivity index (χ2n) is 9.76. The summed E-state index contributed by atoms with van der Waals surface area (Å²) in [4.78, 5) is 0. The number of rotatable bonds is 3. The van der Waals surface area contributed by atoms with Gasteiger partial charge in [-0.3, -0.25) is 0 Å². The average molecular weight is 582 g/mol. The van der Waals surface area contributed by atoms with E-state index in [4.69, 9.17) is 26.0 Å². The van der Waals surface area contributed by atoms with Gasteiger partial charge in [-0.25, -0.2) is 0 Å². The number of hydrogen-bond acceptors (Lipinski definition) is 0. The molecule has 0 spiro atoms. The van der Waals surface area contributed by atoms with Gasteiger partial charge in [0.1, 0.15) is 0 Å². The van der Waals surface area contributed by atoms with E-state index in [9.17, 15) is 8.22 Å². The molecule has 0 nitrogen and oxygen atoms in total. The van der Waals surface area contributed by atoms with Crippen LogP contribution in [0.15, 0.2) is 169 Å². The summed E-state index contributed by atoms with van der Waals surface area (Å²) >= 11 is 0. The van der Waals surface area contributed by atoms with Gasteiger partial charge in [-0.1, -0.05) is 151 Å². The molecule has 0 saturated carbocycles. The van der Waals surface area contributed by atoms with Gasteiger partial charge in [0.2, 0.25) is 0 Å². The fraction of sp³-hybridized carbons (Fsp3) is 0. The molecular formula is C44H28. The van der Waals surface area contributed by atoms with Crippen LogP contribution in [-0.4, -0.2) is 0 Å². The fourth-order valence-electron chi connectivity index (χ4n) is 5.44. The van der Waals surface area contributed by atoms with Crippen molar-refractivity contribution in [2.75, 3.05) is 0 Å². The molecule has 9 aromatic carbocycles. The molecule has 0 N–H and O–H groups in total. The van der Waals surface area contributed by atoms with Gasteiger partial charge in [-0.15, -0.1) is 0 Å². The van der Waals surface area contributed by atoms with E-state index >= 15 is 0 Å². The number of benzene rings is 9. The summed E-state index contributed by atoms with van der Waals surface area (Å²) in [5.74, 6) is 0. The van der Waals surface area contributed by atoms with Crippen molar-refractivity contribution >= 4 is 53.9 Å². The molecule has 9 aromatic rings. The van der Waals surface area contributed by atoms with Crippen molar-refractivity contribution in [3.8, 4) is 33.4 Å². The highest BCUT2D eigenvalue weighted by Gasteiger charge is 2.18. The Balaban J connectivity index is 1.64. The van der Waals surface area contributed by atoms with Gasteiger partial charge in [0, 0.05) is 0 Å². The zero-order valence-electron chi connectivity index (χ0n) is 47.2. The molecule has 0 bridgehead atoms. The first-order chi connectivity index (χ1) is 32.2. The highest BCUT2D eigenvalue weighted by Crippen LogP contribution is 2.46. The van der Waals surface area contributed by atoms with E-state index < -0.39 is 211 Å². The summed E-state index contributed by atoms with van der Waals surface area (Å²) in [7, 11) is 0. The standard InChI is InChI=1S/C44H28/c1-3-13-32-26-35(22-20-29(32)10-1)43-39-17-7-8-18-40(39)44(36-23-21-30-11-2-4-14-33(30)27-36)42-28-34(24-25-41(42)43)38-19-9-15-31-12-5-6-16-37(31)38/h1-28H/i1D,2D,3D,4D,5D,6D,7D,8D,9D,10D,11D,12D,13D,14D,15D,16D,17D,18D,19D,20D,21D,22D,23D,26D,27D. The third kappa shape index (κ3) is 3.92. The van der Waals surface area contributed by atoms with Gasteiger partial charge in [0.05, 0.1) is 34.3 Å². The molecule has 0 heteroatoms. The summed E-state index contributed by atoms with van der Waals surface area (Å²) < 4.78 is 222. The Labute approximate surface area is 291 Å². The van der Waals surface area contributed by atoms with E-state index in [-0.39, 0.29) is 27.3 Å². The minimum atomic E-state index is -0.895. The van der Waals surface area contributed by atoms with Gasteiger partial charge >= 0.3 is 0 Å². The van der Waals surface area contributed by atoms with Crippen molar-refractivity contribution in [1.29, 1.82) is 0 Å². The lowest BCUT2D eigenvalue weighted by Crippen LogP contribution is -1.92. The van der Waals surface area contributed by atoms with Gasteiger partial charge in [0.25, 0.3) is 0 Å². The van der Waals surface area contributed by atoms with Crippen molar-refractivity contribution in [1.82, 2.24) is 0 Å². The summed E-state index contributed by atoms with van der Waals surface area (Å²) in [6.07, 6.45) is 0. The second-order valence-corrected chi connectivity index (χ2v) is 9.76. The summed E-state index contributed by atoms with van der Waals surface area (Å²) in [5, 5.41) is -4.45. The first kappa shape index (κ1) is 10.5. The third-order valence-electron chi connectivity index (χ3n) is 7.35. The Bertz CT molecular complexity index is 3940. The minimum absolute atomic E-state index is 0.152. The molecule has 44 heavy (non-hydrogen) atoms. The van der Waals surface area contributed by atoms with Crippen LogP contribution in [0.25, 0.3) is 87.2 Å². The number of hydrogen-bond donors (Lipinski definition) is 0. The summed E-state index contributed by atoms with van der Waals surface area (Å²) in [6, 6.07) is -15.9. The van der Waals surface area contributed by atoms with Crippen molar-refractivity contribution in [3.05, 3.63) is 169 Å². The van der Waals surface area contributed by atoms with Crippen molar-refractivity contribution in [2.24, 2.45) is 0 Å². The fourth-order valence-corrected chi connectivity index (χ4v) is 5.44. The van der Waals surface area contributed by atoms with Crippen LogP contribution in [-0.2, 0) is 0 Å². The van der Waals surface area contributed by atoms with Crippen LogP contribution >= 0.6 is 0 Å². The van der Waals surface area contributed by atoms with E-state index in [1.807, 2.05) is 0 Å². The molecule has 0 fully saturated rings. The number of fused-ring (bicyclic) bond motifs is 5. The van der Waals surface area contributed by atoms with Gasteiger partial charge in [-0.2, -0.15) is 0 Å². The Morgan fingerprint density at radius 1 is 0.318 bits per heavy atom. The molecule has 0 amide bonds. The monoisotopic (exact) mass is 581 g/mol. The Morgan fingerprint density at radius 3 is 1.45 bits per heavy atom. The summed E-state index contributed by atoms with van der Waals surface area (Å²) in [6.45, 7) is 0. The molecular weight excluding hydrogens is 528 g/mol. The van der Waals surface area contributed by atoms with Crippen LogP contribution in [0.3, 0.4) is 0 Å². The minimum Gasteiger partial charge on any atom is -0.0616 e. The average Bonchev–Trinajstić information content (AvgIpc) is 3.32. The molecule has 0 heterocycles. The molecule has 0 aliphatic heterocycles. The van der Waals surface area contributed by atoms with Gasteiger partial charge in [-0.05, 0) is 105 Å². The topological polar surface area (TPSA) is 0 Å². The Morgan fingerprint density at radius 2 is 0.818 bits per heavy atom. The molecule has 0 aliphatic carbocycles. The zero-order valence-corrected chi connectivity index (χ0v) is 22.2. The Kier molecular flexibility index (Phi) is 2.36. The maximum atomic E-state index is 9.62. The SMILES string of the molecule is [2H]c1c([2H])c([2H])c2c([2H])c(-c3c4ccc(-c5c([2H])c([2H])c([2H])c6c([2H])c([2H])c([2H])c([2H])c56)cc4c(-c4c([2H])c([2H])c5c([2H])c([2H])c([2H])c([2H])c5c4[2H])c4c([2H])c([2H])c([2H])c([2H])c34)c([2H])c([2H])c2c1[2H]. The predicted octanol–water partition coefficient (Wildman–Crippen LogP) is 12.5. The van der Waals surface area contributed by atoms with Crippen LogP contribution in [0.4, 0.5) is 0 Å². The van der Waals surface area contributed by atoms with E-state index in [2.05, 4.69) is 0 Å². The maximum Gasteiger partial charge on any atom is 0.0636 e. The van der Waals surface area contributed by atoms with Crippen LogP contribution < -0.4 is 0 Å². The molecule has 9 rings (SSSR count). The van der Waals surface area contributed by atoms with Crippen LogP contribution in [0.5, 0.6) is 0 Å². The third-order valence-corrected chi connectivity index (χ3v) is 7.35. The highest BCUT2D eigenvalue weighted by atomic mass is 14.2. The van der Waals surface area contributed by atoms with Crippen LogP contribution in [0.2, 0.25) is 0 Å². The van der Waals surface area contributed by atoms with Crippen molar-refractivity contribution in [2.45, 2.75) is 0 Å². The van der Waals surface area contributed by atoms with Crippen LogP contribution in [0, 0.1) is 0 Å². The van der Waals surface area contributed by atoms with E-state index in [1.54, 1.807) is 0 Å². The van der Waals surface area contributed by atoms with Crippen molar-refractivity contribution in [3.63, 3.8) is 0 Å². The molecule has 0 unspecified atom stereocenters. The maximum absolute atomic E-state index is 9.62. The molecule has 0 radical (unpaired) electrons. The second kappa shape index (κ2) is 9.93. The van der Waals surface area contributed by atoms with Gasteiger partial charge < -0.3 is 0 Å². The van der Waals surface area contributed by atoms with E-state index in [0.717, 1.165) is 0 Å². The Hall–Kier alpha value is -5.72. The molecule has 204 valence electrons. The molecule has 0 aromatic heterocycles. The molecule has 0 aliphatic rings. The van der Waals surface area contributed by atoms with Gasteiger partial charge in [0.15, 0.2) is 0 Å². The lowest BCUT2D eigenvalue weighted by Gasteiger charge is -2.19. The van der Waals surface area contributed by atoms with Crippen LogP contribution in [0.1, 0.15) is 34.3 Å². The first-order valence-electron chi connectivity index (χ1n) is 25.7.